The van der Waals surface area contributed by atoms with Gasteiger partial charge in [0.05, 0.1) is 5.56 Å². The summed E-state index contributed by atoms with van der Waals surface area (Å²) in [5, 5.41) is 0. The van der Waals surface area contributed by atoms with E-state index in [-0.39, 0.29) is 45.9 Å². The van der Waals surface area contributed by atoms with Crippen molar-refractivity contribution in [2.75, 3.05) is 0 Å². The lowest BCUT2D eigenvalue weighted by Gasteiger charge is -2.23. The van der Waals surface area contributed by atoms with Gasteiger partial charge >= 0.3 is 17.9 Å². The number of hydrogen-bond donors (Lipinski definition) is 0. The fraction of sp³-hybridized carbons (Fsp3) is 0.190. The Kier molecular flexibility index (Phi) is 5.27. The molecule has 2 aromatic rings. The molecule has 148 valence electrons. The summed E-state index contributed by atoms with van der Waals surface area (Å²) in [4.78, 5) is 60.7. The van der Waals surface area contributed by atoms with E-state index < -0.39 is 29.5 Å². The zero-order chi connectivity index (χ0) is 21.3. The first-order chi connectivity index (χ1) is 13.7. The van der Waals surface area contributed by atoms with E-state index in [9.17, 15) is 24.0 Å². The smallest absolute Gasteiger partial charge is 0.308 e. The third-order valence-corrected chi connectivity index (χ3v) is 4.12. The predicted molar refractivity (Wildman–Crippen MR) is 97.8 cm³/mol. The first-order valence-corrected chi connectivity index (χ1v) is 8.59. The number of fused-ring (bicyclic) bond motifs is 2. The highest BCUT2D eigenvalue weighted by Gasteiger charge is 2.36. The Balaban J connectivity index is 2.32. The van der Waals surface area contributed by atoms with Crippen LogP contribution in [-0.4, -0.2) is 29.5 Å². The standard InChI is InChI=1S/C21H16O8/c1-10(22)27-9-13-8-16-17(21(29-12(3)24)20(13)28-11(2)23)19(26)15-7-5-4-6-14(15)18(16)25/h4-8H,9H2,1-3H3. The molecule has 1 aliphatic rings. The average molecular weight is 396 g/mol. The molecule has 0 radical (unpaired) electrons. The molecule has 8 heteroatoms. The maximum atomic E-state index is 13.1. The fourth-order valence-corrected chi connectivity index (χ4v) is 3.04. The number of rotatable bonds is 4. The monoisotopic (exact) mass is 396 g/mol. The molecule has 3 rings (SSSR count). The minimum atomic E-state index is -0.788. The minimum Gasteiger partial charge on any atom is -0.461 e. The second kappa shape index (κ2) is 7.67. The van der Waals surface area contributed by atoms with Crippen molar-refractivity contribution in [3.05, 3.63) is 58.1 Å². The molecule has 0 atom stereocenters. The molecule has 0 aromatic heterocycles. The van der Waals surface area contributed by atoms with Crippen molar-refractivity contribution < 1.29 is 38.2 Å². The molecular weight excluding hydrogens is 380 g/mol. The van der Waals surface area contributed by atoms with Crippen LogP contribution in [0.25, 0.3) is 0 Å². The number of hydrogen-bond acceptors (Lipinski definition) is 8. The lowest BCUT2D eigenvalue weighted by molar-refractivity contribution is -0.142. The molecule has 0 aliphatic heterocycles. The van der Waals surface area contributed by atoms with Gasteiger partial charge in [0.1, 0.15) is 6.61 Å². The molecule has 0 unspecified atom stereocenters. The van der Waals surface area contributed by atoms with Crippen LogP contribution in [0, 0.1) is 0 Å². The molecule has 0 amide bonds. The summed E-state index contributed by atoms with van der Waals surface area (Å²) in [6, 6.07) is 7.52. The van der Waals surface area contributed by atoms with Gasteiger partial charge in [-0.2, -0.15) is 0 Å². The average Bonchev–Trinajstić information content (AvgIpc) is 2.65. The highest BCUT2D eigenvalue weighted by molar-refractivity contribution is 6.29. The van der Waals surface area contributed by atoms with E-state index in [1.807, 2.05) is 0 Å². The van der Waals surface area contributed by atoms with Gasteiger partial charge in [-0.3, -0.25) is 24.0 Å². The third-order valence-electron chi connectivity index (χ3n) is 4.12. The van der Waals surface area contributed by atoms with E-state index in [2.05, 4.69) is 0 Å². The second-order valence-corrected chi connectivity index (χ2v) is 6.29. The van der Waals surface area contributed by atoms with Gasteiger partial charge in [0, 0.05) is 43.0 Å². The van der Waals surface area contributed by atoms with E-state index in [1.165, 1.54) is 25.1 Å². The van der Waals surface area contributed by atoms with Crippen molar-refractivity contribution in [1.29, 1.82) is 0 Å². The van der Waals surface area contributed by atoms with E-state index in [1.54, 1.807) is 12.1 Å². The quantitative estimate of drug-likeness (QED) is 0.488. The van der Waals surface area contributed by atoms with Gasteiger partial charge in [-0.1, -0.05) is 24.3 Å². The summed E-state index contributed by atoms with van der Waals surface area (Å²) >= 11 is 0. The lowest BCUT2D eigenvalue weighted by atomic mass is 9.82. The Bertz CT molecular complexity index is 1080. The van der Waals surface area contributed by atoms with Crippen LogP contribution in [0.5, 0.6) is 11.5 Å². The first-order valence-electron chi connectivity index (χ1n) is 8.59. The zero-order valence-corrected chi connectivity index (χ0v) is 15.9. The van der Waals surface area contributed by atoms with Crippen molar-refractivity contribution in [3.8, 4) is 11.5 Å². The number of ketones is 2. The Labute approximate surface area is 165 Å². The number of carbonyl (C=O) groups is 5. The summed E-state index contributed by atoms with van der Waals surface area (Å²) in [5.41, 5.74) is 0.207. The van der Waals surface area contributed by atoms with Gasteiger partial charge in [0.15, 0.2) is 23.1 Å². The highest BCUT2D eigenvalue weighted by Crippen LogP contribution is 2.42. The Hall–Kier alpha value is -3.81. The molecule has 0 N–H and O–H groups in total. The molecular formula is C21H16O8. The SMILES string of the molecule is CC(=O)OCc1cc2c(c(OC(C)=O)c1OC(C)=O)C(=O)c1ccccc1C2=O. The van der Waals surface area contributed by atoms with Gasteiger partial charge < -0.3 is 14.2 Å². The van der Waals surface area contributed by atoms with Crippen LogP contribution in [0.2, 0.25) is 0 Å². The first kappa shape index (κ1) is 19.9. The van der Waals surface area contributed by atoms with Crippen LogP contribution in [0.4, 0.5) is 0 Å². The van der Waals surface area contributed by atoms with E-state index in [0.717, 1.165) is 13.8 Å². The van der Waals surface area contributed by atoms with Crippen molar-refractivity contribution in [2.24, 2.45) is 0 Å². The Morgan fingerprint density at radius 1 is 0.759 bits per heavy atom. The predicted octanol–water partition coefficient (Wildman–Crippen LogP) is 2.38. The van der Waals surface area contributed by atoms with E-state index >= 15 is 0 Å². The summed E-state index contributed by atoms with van der Waals surface area (Å²) in [6.07, 6.45) is 0. The summed E-state index contributed by atoms with van der Waals surface area (Å²) in [6.45, 7) is 3.05. The van der Waals surface area contributed by atoms with E-state index in [0.29, 0.717) is 0 Å². The van der Waals surface area contributed by atoms with Gasteiger partial charge in [-0.25, -0.2) is 0 Å². The van der Waals surface area contributed by atoms with Gasteiger partial charge in [0.25, 0.3) is 0 Å². The minimum absolute atomic E-state index is 0.0389. The molecule has 0 saturated heterocycles. The number of esters is 3. The topological polar surface area (TPSA) is 113 Å². The van der Waals surface area contributed by atoms with Crippen molar-refractivity contribution >= 4 is 29.5 Å². The third kappa shape index (κ3) is 3.77. The van der Waals surface area contributed by atoms with Crippen LogP contribution in [-0.2, 0) is 25.7 Å². The largest absolute Gasteiger partial charge is 0.461 e. The molecule has 0 fully saturated rings. The zero-order valence-electron chi connectivity index (χ0n) is 15.9. The number of ether oxygens (including phenoxy) is 3. The van der Waals surface area contributed by atoms with Gasteiger partial charge in [-0.05, 0) is 6.07 Å². The Morgan fingerprint density at radius 2 is 1.31 bits per heavy atom. The van der Waals surface area contributed by atoms with Crippen molar-refractivity contribution in [1.82, 2.24) is 0 Å². The summed E-state index contributed by atoms with van der Waals surface area (Å²) in [5.74, 6) is -3.80. The van der Waals surface area contributed by atoms with Gasteiger partial charge in [0.2, 0.25) is 0 Å². The van der Waals surface area contributed by atoms with E-state index in [4.69, 9.17) is 14.2 Å². The van der Waals surface area contributed by atoms with Gasteiger partial charge in [-0.15, -0.1) is 0 Å². The number of benzene rings is 2. The van der Waals surface area contributed by atoms with Crippen molar-refractivity contribution in [3.63, 3.8) is 0 Å². The molecule has 29 heavy (non-hydrogen) atoms. The Morgan fingerprint density at radius 3 is 1.86 bits per heavy atom. The molecule has 0 heterocycles. The van der Waals surface area contributed by atoms with Crippen LogP contribution >= 0.6 is 0 Å². The van der Waals surface area contributed by atoms with Crippen molar-refractivity contribution in [2.45, 2.75) is 27.4 Å². The van der Waals surface area contributed by atoms with Crippen LogP contribution < -0.4 is 9.47 Å². The second-order valence-electron chi connectivity index (χ2n) is 6.29. The normalized spacial score (nSPS) is 12.0. The summed E-state index contributed by atoms with van der Waals surface area (Å²) < 4.78 is 15.3. The van der Waals surface area contributed by atoms with Crippen LogP contribution in [0.3, 0.4) is 0 Å². The molecule has 2 aromatic carbocycles. The molecule has 0 saturated carbocycles. The molecule has 1 aliphatic carbocycles. The van der Waals surface area contributed by atoms with Crippen LogP contribution in [0.1, 0.15) is 58.2 Å². The number of carbonyl (C=O) groups excluding carboxylic acids is 5. The molecule has 8 nitrogen and oxygen atoms in total. The highest BCUT2D eigenvalue weighted by atomic mass is 16.6. The van der Waals surface area contributed by atoms with Crippen LogP contribution in [0.15, 0.2) is 30.3 Å². The maximum absolute atomic E-state index is 13.1. The summed E-state index contributed by atoms with van der Waals surface area (Å²) in [7, 11) is 0. The maximum Gasteiger partial charge on any atom is 0.308 e. The lowest BCUT2D eigenvalue weighted by Crippen LogP contribution is -2.24. The molecule has 0 bridgehead atoms. The molecule has 0 spiro atoms. The fourth-order valence-electron chi connectivity index (χ4n) is 3.04.